The van der Waals surface area contributed by atoms with Crippen LogP contribution in [-0.2, 0) is 59.9 Å². The molecular formula is C64H79ClN4NaO16S12+. The van der Waals surface area contributed by atoms with Crippen LogP contribution in [0.3, 0.4) is 0 Å². The molecule has 0 aliphatic carbocycles. The van der Waals surface area contributed by atoms with Crippen LogP contribution in [-0.4, -0.2) is 161 Å². The fraction of sp³-hybridized carbons (Fsp3) is 0.344. The number of hydrogen-bond acceptors (Lipinski definition) is 28. The van der Waals surface area contributed by atoms with Gasteiger partial charge >= 0.3 is 41.5 Å². The third kappa shape index (κ3) is 54.0. The summed E-state index contributed by atoms with van der Waals surface area (Å²) in [7, 11) is 4.18. The monoisotopic (exact) mass is 1600 g/mol. The van der Waals surface area contributed by atoms with Crippen LogP contribution >= 0.6 is 114 Å². The van der Waals surface area contributed by atoms with Crippen LogP contribution < -0.4 is 29.6 Å². The number of carboxylic acids is 1. The van der Waals surface area contributed by atoms with E-state index in [2.05, 4.69) is 38.9 Å². The van der Waals surface area contributed by atoms with Gasteiger partial charge in [0, 0.05) is 65.2 Å². The number of pyridine rings is 2. The smallest absolute Gasteiger partial charge is 0.742 e. The molecule has 4 aromatic carbocycles. The van der Waals surface area contributed by atoms with Gasteiger partial charge in [0.25, 0.3) is 19.2 Å². The number of carboxylic acid groups (broad SMARTS) is 1. The van der Waals surface area contributed by atoms with E-state index in [0.29, 0.717) is 32.9 Å². The molecule has 2 unspecified atom stereocenters. The van der Waals surface area contributed by atoms with Crippen LogP contribution in [0.2, 0.25) is 0 Å². The van der Waals surface area contributed by atoms with E-state index in [9.17, 15) is 46.5 Å². The Kier molecular flexibility index (Phi) is 60.0. The van der Waals surface area contributed by atoms with Crippen molar-refractivity contribution in [1.82, 2.24) is 9.97 Å². The van der Waals surface area contributed by atoms with Crippen molar-refractivity contribution in [1.29, 1.82) is 10.5 Å². The molecule has 7 N–H and O–H groups in total. The van der Waals surface area contributed by atoms with Crippen molar-refractivity contribution < 1.29 is 105 Å². The average molecular weight is 1600 g/mol. The van der Waals surface area contributed by atoms with Crippen molar-refractivity contribution in [3.05, 3.63) is 180 Å². The predicted molar refractivity (Wildman–Crippen MR) is 408 cm³/mol. The summed E-state index contributed by atoms with van der Waals surface area (Å²) in [5.41, 5.74) is 3.78. The molecule has 2 heterocycles. The second-order valence-corrected chi connectivity index (χ2v) is 34.0. The predicted octanol–water partition coefficient (Wildman–Crippen LogP) is 9.25. The van der Waals surface area contributed by atoms with Gasteiger partial charge in [-0.3, -0.25) is 18.6 Å². The number of aliphatic carboxylic acids is 1. The van der Waals surface area contributed by atoms with E-state index in [4.69, 9.17) is 70.5 Å². The van der Waals surface area contributed by atoms with Crippen molar-refractivity contribution in [3.8, 4) is 12.1 Å². The number of rotatable bonds is 27. The number of nitrogens with zero attached hydrogens (tertiary/aromatic N) is 4. The van der Waals surface area contributed by atoms with E-state index < -0.39 is 34.6 Å². The Balaban J connectivity index is -0.00000113. The third-order valence-electron chi connectivity index (χ3n) is 10.4. The summed E-state index contributed by atoms with van der Waals surface area (Å²) in [6.07, 6.45) is 4.33. The molecule has 0 saturated heterocycles. The van der Waals surface area contributed by atoms with Crippen molar-refractivity contribution >= 4 is 176 Å². The standard InChI is InChI=1S/C20H20N2O2S4.C13H13NO2S2.C9H12O4S.C7H7ClO2S.C7H9NOS2.C4H8O2S.C2H6O2.C2H4OS.Na/c1-20(15-21,27-19(25)16-7-3-2-4-8-16)11-10-18(23)24-13-14-26-28-17-9-5-6-12-22-17;1-13(9-14,8-7-11(15)16)18-12(17)10-5-3-2-4-6-10;1-8-2-4-9(5-3-8)14(11,12)13-7-6-10;1-6-2-4-7(5-3-6)11(8,9)10;9-5-6-10-11-7-3-1-2-4-8-7;1-4(6)7-3-2-5;3-1-2-4;1-2(3)4;/h2-9,12H,10-11,13-14H2,1H3;2-6H,7-8H2,1H3,(H,15,16);2-5,10H,6-7H2,1H3;2-5H,1H3;1-4,9H,5-6H2;5H,2-3H2,1H3;3-4H,1-2H2;1H3,(H,3,4);/q;;;;;;;;+1. The van der Waals surface area contributed by atoms with Gasteiger partial charge in [0.05, 0.1) is 56.8 Å². The van der Waals surface area contributed by atoms with E-state index in [0.717, 1.165) is 49.8 Å². The molecule has 2 atom stereocenters. The first-order valence-corrected chi connectivity index (χ1v) is 40.6. The number of carbonyl (C=O) groups excluding carboxylic acids is 3. The zero-order chi connectivity index (χ0) is 73.6. The van der Waals surface area contributed by atoms with Gasteiger partial charge in [0.15, 0.2) is 11.7 Å². The maximum atomic E-state index is 12.0. The average Bonchev–Trinajstić information content (AvgIpc) is 0.908. The van der Waals surface area contributed by atoms with Crippen LogP contribution in [0, 0.1) is 36.5 Å². The maximum Gasteiger partial charge on any atom is 1.00 e. The molecule has 0 spiro atoms. The number of carbonyl (C=O) groups is 4. The van der Waals surface area contributed by atoms with Crippen molar-refractivity contribution in [2.45, 2.75) is 96.6 Å². The molecule has 98 heavy (non-hydrogen) atoms. The van der Waals surface area contributed by atoms with Crippen molar-refractivity contribution in [3.63, 3.8) is 0 Å². The topological polar surface area (TPSA) is 352 Å². The number of aryl methyl sites for hydroxylation is 2. The Labute approximate surface area is 647 Å². The first-order chi connectivity index (χ1) is 45.9. The fourth-order valence-corrected chi connectivity index (χ4v) is 14.3. The quantitative estimate of drug-likeness (QED) is 0.00369. The van der Waals surface area contributed by atoms with Gasteiger partial charge in [-0.05, 0) is 129 Å². The molecule has 6 rings (SSSR count). The maximum absolute atomic E-state index is 12.0. The molecule has 6 aromatic rings. The number of aromatic nitrogens is 2. The minimum atomic E-state index is -3.70. The summed E-state index contributed by atoms with van der Waals surface area (Å²) in [5, 5.41) is 68.1. The SMILES string of the molecule is CC(=O)SCCO.CC(=O)[S-].CC(C#N)(CCC(=O)O)SC(=S)c1ccccc1.CC(C#N)(CCC(=O)OCCSSc1ccccn1)SC(=S)c1ccccc1.Cc1ccc(S(=O)(=O)Cl)cc1.Cc1ccc(S(=O)(=O)OCCO)cc1.OCCSSc1ccccn1.OCC[OH2+].[Na+]. The summed E-state index contributed by atoms with van der Waals surface area (Å²) in [4.78, 5) is 50.4. The first kappa shape index (κ1) is 98.4. The number of ether oxygens (including phenoxy) is 1. The van der Waals surface area contributed by atoms with Crippen molar-refractivity contribution in [2.75, 3.05) is 63.5 Å². The number of nitriles is 2. The van der Waals surface area contributed by atoms with E-state index >= 15 is 0 Å². The number of hydrogen-bond donors (Lipinski definition) is 5. The minimum absolute atomic E-state index is 0. The van der Waals surface area contributed by atoms with Gasteiger partial charge in [-0.2, -0.15) is 18.9 Å². The van der Waals surface area contributed by atoms with E-state index in [1.807, 2.05) is 111 Å². The summed E-state index contributed by atoms with van der Waals surface area (Å²) in [5.74, 6) is 0.755. The molecule has 0 saturated carbocycles. The van der Waals surface area contributed by atoms with Gasteiger partial charge in [-0.25, -0.2) is 18.4 Å². The molecule has 0 amide bonds. The molecule has 0 fully saturated rings. The second kappa shape index (κ2) is 59.7. The number of esters is 1. The van der Waals surface area contributed by atoms with Crippen LogP contribution in [0.4, 0.5) is 0 Å². The number of aliphatic hydroxyl groups excluding tert-OH is 4. The normalized spacial score (nSPS) is 11.3. The third-order valence-corrected chi connectivity index (χ3v) is 21.6. The van der Waals surface area contributed by atoms with E-state index in [1.165, 1.54) is 61.6 Å². The van der Waals surface area contributed by atoms with Crippen LogP contribution in [0.15, 0.2) is 178 Å². The van der Waals surface area contributed by atoms with Gasteiger partial charge < -0.3 is 52.8 Å². The Morgan fingerprint density at radius 1 is 0.612 bits per heavy atom. The molecule has 0 bridgehead atoms. The van der Waals surface area contributed by atoms with Gasteiger partial charge in [-0.15, -0.1) is 0 Å². The van der Waals surface area contributed by atoms with Crippen LogP contribution in [0.25, 0.3) is 0 Å². The Morgan fingerprint density at radius 3 is 1.35 bits per heavy atom. The largest absolute Gasteiger partial charge is 1.00 e. The molecule has 0 aliphatic rings. The molecule has 20 nitrogen and oxygen atoms in total. The van der Waals surface area contributed by atoms with Crippen LogP contribution in [0.1, 0.15) is 75.6 Å². The van der Waals surface area contributed by atoms with Gasteiger partial charge in [0.2, 0.25) is 0 Å². The molecule has 34 heteroatoms. The number of thioether (sulfide) groups is 3. The molecule has 2 aromatic heterocycles. The number of thiocarbonyl (C=S) groups is 2. The van der Waals surface area contributed by atoms with Gasteiger partial charge in [0.1, 0.15) is 32.8 Å². The number of halogens is 1. The molecule has 530 valence electrons. The van der Waals surface area contributed by atoms with Crippen LogP contribution in [0.5, 0.6) is 0 Å². The summed E-state index contributed by atoms with van der Waals surface area (Å²) in [6, 6.07) is 47.7. The second-order valence-electron chi connectivity index (χ2n) is 18.8. The molecular weight excluding hydrogens is 1520 g/mol. The zero-order valence-electron chi connectivity index (χ0n) is 54.8. The summed E-state index contributed by atoms with van der Waals surface area (Å²) >= 11 is 18.4. The molecule has 0 radical (unpaired) electrons. The zero-order valence-corrected chi connectivity index (χ0v) is 67.3. The Bertz CT molecular complexity index is 3500. The minimum Gasteiger partial charge on any atom is -0.742 e. The number of benzene rings is 4. The van der Waals surface area contributed by atoms with E-state index in [1.54, 1.807) is 93.7 Å². The summed E-state index contributed by atoms with van der Waals surface area (Å²) in [6.45, 7) is 10.3. The molecule has 0 aliphatic heterocycles. The Morgan fingerprint density at radius 2 is 1.01 bits per heavy atom. The fourth-order valence-electron chi connectivity index (χ4n) is 5.73. The first-order valence-electron chi connectivity index (χ1n) is 28.4. The number of aliphatic hydroxyl groups is 4. The Hall–Kier alpha value is -3.76. The van der Waals surface area contributed by atoms with Gasteiger partial charge in [-0.1, -0.05) is 189 Å². The van der Waals surface area contributed by atoms with Crippen molar-refractivity contribution in [2.24, 2.45) is 0 Å². The van der Waals surface area contributed by atoms with E-state index in [-0.39, 0.29) is 114 Å². The summed E-state index contributed by atoms with van der Waals surface area (Å²) < 4.78 is 53.6.